The average Bonchev–Trinajstić information content (AvgIpc) is 1.96. The molecular weight excluding hydrogens is 152 g/mol. The summed E-state index contributed by atoms with van der Waals surface area (Å²) in [5, 5.41) is 0. The van der Waals surface area contributed by atoms with E-state index in [1.165, 1.54) is 0 Å². The summed E-state index contributed by atoms with van der Waals surface area (Å²) in [5.41, 5.74) is 0. The minimum atomic E-state index is 0.179. The molecule has 0 fully saturated rings. The fourth-order valence-corrected chi connectivity index (χ4v) is 1.02. The summed E-state index contributed by atoms with van der Waals surface area (Å²) in [4.78, 5) is 15.0. The molecule has 3 nitrogen and oxygen atoms in total. The van der Waals surface area contributed by atoms with Crippen LogP contribution in [0.25, 0.3) is 0 Å². The maximum absolute atomic E-state index is 11.1. The van der Waals surface area contributed by atoms with Gasteiger partial charge in [-0.1, -0.05) is 6.92 Å². The Bertz CT molecular complexity index is 134. The first kappa shape index (κ1) is 11.4. The Morgan fingerprint density at radius 2 is 1.75 bits per heavy atom. The van der Waals surface area contributed by atoms with Crippen LogP contribution in [0.3, 0.4) is 0 Å². The van der Waals surface area contributed by atoms with Crippen LogP contribution in [0.1, 0.15) is 20.3 Å². The fourth-order valence-electron chi connectivity index (χ4n) is 1.02. The van der Waals surface area contributed by atoms with E-state index in [4.69, 9.17) is 0 Å². The van der Waals surface area contributed by atoms with Crippen molar-refractivity contribution in [2.24, 2.45) is 0 Å². The lowest BCUT2D eigenvalue weighted by Crippen LogP contribution is -2.35. The number of carbonyl (C=O) groups excluding carboxylic acids is 1. The van der Waals surface area contributed by atoms with E-state index in [0.717, 1.165) is 26.1 Å². The van der Waals surface area contributed by atoms with Gasteiger partial charge in [-0.2, -0.15) is 0 Å². The van der Waals surface area contributed by atoms with Crippen molar-refractivity contribution in [3.8, 4) is 0 Å². The highest BCUT2D eigenvalue weighted by atomic mass is 16.2. The zero-order valence-corrected chi connectivity index (χ0v) is 8.63. The SMILES string of the molecule is CCCN(CCN(C)C)C(C)=O. The van der Waals surface area contributed by atoms with E-state index in [1.54, 1.807) is 6.92 Å². The molecule has 0 radical (unpaired) electrons. The van der Waals surface area contributed by atoms with Gasteiger partial charge in [-0.05, 0) is 20.5 Å². The molecule has 0 unspecified atom stereocenters. The third kappa shape index (κ3) is 5.13. The molecule has 0 saturated carbocycles. The molecule has 0 aromatic heterocycles. The number of nitrogens with zero attached hydrogens (tertiary/aromatic N) is 2. The Hall–Kier alpha value is -0.570. The molecule has 72 valence electrons. The number of hydrogen-bond acceptors (Lipinski definition) is 2. The Morgan fingerprint density at radius 1 is 1.17 bits per heavy atom. The minimum absolute atomic E-state index is 0.179. The molecule has 0 bridgehead atoms. The summed E-state index contributed by atoms with van der Waals surface area (Å²) in [5.74, 6) is 0.179. The molecule has 0 aromatic rings. The lowest BCUT2D eigenvalue weighted by atomic mass is 10.4. The molecule has 0 aliphatic carbocycles. The van der Waals surface area contributed by atoms with Crippen molar-refractivity contribution in [3.05, 3.63) is 0 Å². The summed E-state index contributed by atoms with van der Waals surface area (Å²) in [7, 11) is 4.04. The third-order valence-electron chi connectivity index (χ3n) is 1.76. The summed E-state index contributed by atoms with van der Waals surface area (Å²) < 4.78 is 0. The van der Waals surface area contributed by atoms with Gasteiger partial charge in [-0.3, -0.25) is 4.79 Å². The molecule has 0 rings (SSSR count). The maximum atomic E-state index is 11.1. The van der Waals surface area contributed by atoms with E-state index in [0.29, 0.717) is 0 Å². The fraction of sp³-hybridized carbons (Fsp3) is 0.889. The van der Waals surface area contributed by atoms with Crippen LogP contribution in [-0.4, -0.2) is 49.4 Å². The zero-order chi connectivity index (χ0) is 9.56. The van der Waals surface area contributed by atoms with Crippen LogP contribution in [0.4, 0.5) is 0 Å². The van der Waals surface area contributed by atoms with Crippen molar-refractivity contribution in [1.82, 2.24) is 9.80 Å². The molecule has 0 aliphatic heterocycles. The maximum Gasteiger partial charge on any atom is 0.219 e. The number of hydrogen-bond donors (Lipinski definition) is 0. The molecule has 0 heterocycles. The highest BCUT2D eigenvalue weighted by Gasteiger charge is 2.06. The number of rotatable bonds is 5. The van der Waals surface area contributed by atoms with Crippen molar-refractivity contribution < 1.29 is 4.79 Å². The van der Waals surface area contributed by atoms with Crippen LogP contribution in [0.2, 0.25) is 0 Å². The van der Waals surface area contributed by atoms with Gasteiger partial charge in [0.2, 0.25) is 5.91 Å². The first-order chi connectivity index (χ1) is 5.57. The molecule has 0 aromatic carbocycles. The van der Waals surface area contributed by atoms with Gasteiger partial charge in [0, 0.05) is 26.6 Å². The predicted molar refractivity (Wildman–Crippen MR) is 51.1 cm³/mol. The summed E-state index contributed by atoms with van der Waals surface area (Å²) >= 11 is 0. The molecule has 0 saturated heterocycles. The van der Waals surface area contributed by atoms with Crippen molar-refractivity contribution in [1.29, 1.82) is 0 Å². The molecular formula is C9H20N2O. The van der Waals surface area contributed by atoms with Crippen molar-refractivity contribution in [3.63, 3.8) is 0 Å². The predicted octanol–water partition coefficient (Wildman–Crippen LogP) is 0.807. The smallest absolute Gasteiger partial charge is 0.219 e. The quantitative estimate of drug-likeness (QED) is 0.612. The molecule has 0 N–H and O–H groups in total. The number of likely N-dealkylation sites (N-methyl/N-ethyl adjacent to an activating group) is 1. The van der Waals surface area contributed by atoms with Crippen LogP contribution < -0.4 is 0 Å². The zero-order valence-electron chi connectivity index (χ0n) is 8.63. The van der Waals surface area contributed by atoms with Gasteiger partial charge in [-0.15, -0.1) is 0 Å². The van der Waals surface area contributed by atoms with Gasteiger partial charge in [0.25, 0.3) is 0 Å². The van der Waals surface area contributed by atoms with Crippen LogP contribution in [0, 0.1) is 0 Å². The minimum Gasteiger partial charge on any atom is -0.342 e. The second-order valence-electron chi connectivity index (χ2n) is 3.31. The first-order valence-corrected chi connectivity index (χ1v) is 4.48. The molecule has 1 amide bonds. The van der Waals surface area contributed by atoms with E-state index >= 15 is 0 Å². The van der Waals surface area contributed by atoms with E-state index in [-0.39, 0.29) is 5.91 Å². The molecule has 0 aliphatic rings. The Labute approximate surface area is 75.3 Å². The Morgan fingerprint density at radius 3 is 2.08 bits per heavy atom. The van der Waals surface area contributed by atoms with Gasteiger partial charge < -0.3 is 9.80 Å². The lowest BCUT2D eigenvalue weighted by molar-refractivity contribution is -0.129. The third-order valence-corrected chi connectivity index (χ3v) is 1.76. The van der Waals surface area contributed by atoms with E-state index in [1.807, 2.05) is 19.0 Å². The first-order valence-electron chi connectivity index (χ1n) is 4.48. The highest BCUT2D eigenvalue weighted by Crippen LogP contribution is 1.92. The Kier molecular flexibility index (Phi) is 5.72. The number of amides is 1. The summed E-state index contributed by atoms with van der Waals surface area (Å²) in [6.45, 7) is 6.38. The van der Waals surface area contributed by atoms with Gasteiger partial charge in [0.05, 0.1) is 0 Å². The van der Waals surface area contributed by atoms with Gasteiger partial charge in [0.15, 0.2) is 0 Å². The van der Waals surface area contributed by atoms with Crippen molar-refractivity contribution >= 4 is 5.91 Å². The molecule has 0 spiro atoms. The van der Waals surface area contributed by atoms with E-state index < -0.39 is 0 Å². The molecule has 0 atom stereocenters. The van der Waals surface area contributed by atoms with Crippen LogP contribution in [0.5, 0.6) is 0 Å². The van der Waals surface area contributed by atoms with Gasteiger partial charge >= 0.3 is 0 Å². The standard InChI is InChI=1S/C9H20N2O/c1-5-6-11(9(2)12)8-7-10(3)4/h5-8H2,1-4H3. The topological polar surface area (TPSA) is 23.6 Å². The van der Waals surface area contributed by atoms with E-state index in [2.05, 4.69) is 11.8 Å². The second kappa shape index (κ2) is 6.00. The molecule has 3 heteroatoms. The van der Waals surface area contributed by atoms with Crippen LogP contribution in [-0.2, 0) is 4.79 Å². The lowest BCUT2D eigenvalue weighted by Gasteiger charge is -2.22. The monoisotopic (exact) mass is 172 g/mol. The normalized spacial score (nSPS) is 10.4. The van der Waals surface area contributed by atoms with E-state index in [9.17, 15) is 4.79 Å². The highest BCUT2D eigenvalue weighted by molar-refractivity contribution is 5.73. The average molecular weight is 172 g/mol. The summed E-state index contributed by atoms with van der Waals surface area (Å²) in [6.07, 6.45) is 1.03. The van der Waals surface area contributed by atoms with Crippen molar-refractivity contribution in [2.75, 3.05) is 33.7 Å². The molecule has 12 heavy (non-hydrogen) atoms. The Balaban J connectivity index is 3.71. The van der Waals surface area contributed by atoms with Crippen molar-refractivity contribution in [2.45, 2.75) is 20.3 Å². The van der Waals surface area contributed by atoms with Crippen LogP contribution in [0.15, 0.2) is 0 Å². The van der Waals surface area contributed by atoms with Gasteiger partial charge in [-0.25, -0.2) is 0 Å². The van der Waals surface area contributed by atoms with Crippen LogP contribution >= 0.6 is 0 Å². The van der Waals surface area contributed by atoms with Gasteiger partial charge in [0.1, 0.15) is 0 Å². The summed E-state index contributed by atoms with van der Waals surface area (Å²) in [6, 6.07) is 0. The number of carbonyl (C=O) groups is 1. The second-order valence-corrected chi connectivity index (χ2v) is 3.31. The largest absolute Gasteiger partial charge is 0.342 e.